The molecule has 3 atom stereocenters. The van der Waals surface area contributed by atoms with Gasteiger partial charge in [0.05, 0.1) is 22.2 Å². The van der Waals surface area contributed by atoms with Gasteiger partial charge in [-0.25, -0.2) is 0 Å². The molecule has 7 heteroatoms. The maximum absolute atomic E-state index is 13.5. The zero-order valence-electron chi connectivity index (χ0n) is 20.5. The van der Waals surface area contributed by atoms with Crippen LogP contribution in [0.3, 0.4) is 0 Å². The first kappa shape index (κ1) is 23.5. The average molecular weight is 503 g/mol. The quantitative estimate of drug-likeness (QED) is 0.145. The van der Waals surface area contributed by atoms with Gasteiger partial charge in [0.1, 0.15) is 0 Å². The topological polar surface area (TPSA) is 96.3 Å². The minimum atomic E-state index is -0.371. The minimum absolute atomic E-state index is 0.0637. The SMILES string of the molecule is O=C(Nc1ccc(Nc2ccccc2)cc1)c1cccc2c1NC(c1cccc([N+](=O)[O-])c1)C1CC=CC21. The lowest BCUT2D eigenvalue weighted by Crippen LogP contribution is -2.31. The fourth-order valence-electron chi connectivity index (χ4n) is 5.50. The van der Waals surface area contributed by atoms with Crippen LogP contribution >= 0.6 is 0 Å². The Labute approximate surface area is 220 Å². The first-order valence-electron chi connectivity index (χ1n) is 12.6. The number of nitrogens with one attached hydrogen (secondary N) is 3. The molecule has 4 aromatic carbocycles. The second-order valence-corrected chi connectivity index (χ2v) is 9.62. The zero-order valence-corrected chi connectivity index (χ0v) is 20.5. The van der Waals surface area contributed by atoms with E-state index in [0.717, 1.165) is 34.6 Å². The summed E-state index contributed by atoms with van der Waals surface area (Å²) in [6.07, 6.45) is 5.22. The van der Waals surface area contributed by atoms with Crippen LogP contribution in [0.1, 0.15) is 39.9 Å². The van der Waals surface area contributed by atoms with E-state index in [1.165, 1.54) is 6.07 Å². The van der Waals surface area contributed by atoms with E-state index < -0.39 is 0 Å². The molecule has 188 valence electrons. The van der Waals surface area contributed by atoms with Gasteiger partial charge in [-0.05, 0) is 65.9 Å². The van der Waals surface area contributed by atoms with Gasteiger partial charge in [0.25, 0.3) is 11.6 Å². The fourth-order valence-corrected chi connectivity index (χ4v) is 5.50. The number of anilines is 4. The predicted molar refractivity (Wildman–Crippen MR) is 150 cm³/mol. The zero-order chi connectivity index (χ0) is 26.1. The summed E-state index contributed by atoms with van der Waals surface area (Å²) in [4.78, 5) is 24.5. The standard InChI is InChI=1S/C31H26N4O3/c36-31(33-23-17-15-22(16-18-23)32-21-8-2-1-3-9-21)28-14-6-13-27-25-11-5-12-26(25)29(34-30(27)28)20-7-4-10-24(19-20)35(37)38/h1-11,13-19,25-26,29,32,34H,12H2,(H,33,36). The molecule has 1 aliphatic carbocycles. The Kier molecular flexibility index (Phi) is 6.09. The molecule has 7 nitrogen and oxygen atoms in total. The summed E-state index contributed by atoms with van der Waals surface area (Å²) in [5, 5.41) is 21.4. The van der Waals surface area contributed by atoms with Gasteiger partial charge in [0.15, 0.2) is 0 Å². The normalized spacial score (nSPS) is 19.1. The Morgan fingerprint density at radius 3 is 2.39 bits per heavy atom. The van der Waals surface area contributed by atoms with Gasteiger partial charge < -0.3 is 16.0 Å². The van der Waals surface area contributed by atoms with E-state index in [2.05, 4.69) is 34.2 Å². The van der Waals surface area contributed by atoms with Crippen molar-refractivity contribution in [2.24, 2.45) is 5.92 Å². The molecule has 0 saturated carbocycles. The maximum atomic E-state index is 13.5. The van der Waals surface area contributed by atoms with Crippen LogP contribution in [0.2, 0.25) is 0 Å². The number of hydrogen-bond acceptors (Lipinski definition) is 5. The molecule has 0 saturated heterocycles. The fraction of sp³-hybridized carbons (Fsp3) is 0.129. The molecule has 0 aromatic heterocycles. The van der Waals surface area contributed by atoms with E-state index in [9.17, 15) is 14.9 Å². The molecule has 1 amide bonds. The molecule has 2 aliphatic rings. The number of rotatable bonds is 6. The lowest BCUT2D eigenvalue weighted by molar-refractivity contribution is -0.384. The second-order valence-electron chi connectivity index (χ2n) is 9.62. The van der Waals surface area contributed by atoms with Crippen LogP contribution < -0.4 is 16.0 Å². The molecule has 0 bridgehead atoms. The van der Waals surface area contributed by atoms with Gasteiger partial charge in [0, 0.05) is 35.1 Å². The summed E-state index contributed by atoms with van der Waals surface area (Å²) in [6.45, 7) is 0. The Morgan fingerprint density at radius 2 is 1.61 bits per heavy atom. The number of para-hydroxylation sites is 2. The summed E-state index contributed by atoms with van der Waals surface area (Å²) >= 11 is 0. The molecule has 3 N–H and O–H groups in total. The summed E-state index contributed by atoms with van der Waals surface area (Å²) in [6, 6.07) is 29.9. The number of hydrogen-bond donors (Lipinski definition) is 3. The highest BCUT2D eigenvalue weighted by atomic mass is 16.6. The van der Waals surface area contributed by atoms with E-state index in [-0.39, 0.29) is 34.4 Å². The van der Waals surface area contributed by atoms with Crippen molar-refractivity contribution in [1.82, 2.24) is 0 Å². The molecule has 3 unspecified atom stereocenters. The first-order valence-corrected chi connectivity index (χ1v) is 12.6. The molecule has 1 aliphatic heterocycles. The lowest BCUT2D eigenvalue weighted by Gasteiger charge is -2.38. The van der Waals surface area contributed by atoms with Gasteiger partial charge >= 0.3 is 0 Å². The van der Waals surface area contributed by atoms with Gasteiger partial charge in [-0.15, -0.1) is 0 Å². The van der Waals surface area contributed by atoms with Crippen molar-refractivity contribution < 1.29 is 9.72 Å². The maximum Gasteiger partial charge on any atom is 0.269 e. The van der Waals surface area contributed by atoms with Crippen molar-refractivity contribution in [2.45, 2.75) is 18.4 Å². The highest BCUT2D eigenvalue weighted by Gasteiger charge is 2.39. The van der Waals surface area contributed by atoms with Gasteiger partial charge in [0.2, 0.25) is 0 Å². The number of carbonyl (C=O) groups excluding carboxylic acids is 1. The van der Waals surface area contributed by atoms with Crippen LogP contribution in [0.15, 0.2) is 109 Å². The third-order valence-electron chi connectivity index (χ3n) is 7.29. The lowest BCUT2D eigenvalue weighted by atomic mass is 9.76. The van der Waals surface area contributed by atoms with Crippen molar-refractivity contribution in [3.63, 3.8) is 0 Å². The van der Waals surface area contributed by atoms with Crippen LogP contribution in [0, 0.1) is 16.0 Å². The molecule has 4 aromatic rings. The molecule has 1 heterocycles. The van der Waals surface area contributed by atoms with Crippen LogP contribution in [0.25, 0.3) is 0 Å². The van der Waals surface area contributed by atoms with Gasteiger partial charge in [-0.3, -0.25) is 14.9 Å². The number of amides is 1. The van der Waals surface area contributed by atoms with Crippen LogP contribution in [0.4, 0.5) is 28.4 Å². The van der Waals surface area contributed by atoms with Crippen molar-refractivity contribution in [2.75, 3.05) is 16.0 Å². The molecular weight excluding hydrogens is 476 g/mol. The summed E-state index contributed by atoms with van der Waals surface area (Å²) in [7, 11) is 0. The molecule has 0 fully saturated rings. The summed E-state index contributed by atoms with van der Waals surface area (Å²) in [5.41, 5.74) is 5.90. The number of allylic oxidation sites excluding steroid dienone is 2. The number of benzene rings is 4. The number of nitro groups is 1. The Hall–Kier alpha value is -4.91. The summed E-state index contributed by atoms with van der Waals surface area (Å²) < 4.78 is 0. The van der Waals surface area contributed by atoms with Crippen molar-refractivity contribution in [3.05, 3.63) is 136 Å². The monoisotopic (exact) mass is 502 g/mol. The highest BCUT2D eigenvalue weighted by molar-refractivity contribution is 6.08. The molecule has 38 heavy (non-hydrogen) atoms. The number of nitro benzene ring substituents is 1. The molecule has 0 spiro atoms. The number of non-ortho nitro benzene ring substituents is 1. The van der Waals surface area contributed by atoms with E-state index in [1.807, 2.05) is 72.8 Å². The van der Waals surface area contributed by atoms with Crippen LogP contribution in [-0.2, 0) is 0 Å². The van der Waals surface area contributed by atoms with E-state index in [4.69, 9.17) is 0 Å². The van der Waals surface area contributed by atoms with Crippen LogP contribution in [0.5, 0.6) is 0 Å². The Balaban J connectivity index is 1.26. The van der Waals surface area contributed by atoms with Crippen LogP contribution in [-0.4, -0.2) is 10.8 Å². The van der Waals surface area contributed by atoms with Gasteiger partial charge in [-0.1, -0.05) is 54.6 Å². The molecule has 6 rings (SSSR count). The third kappa shape index (κ3) is 4.50. The van der Waals surface area contributed by atoms with Gasteiger partial charge in [-0.2, -0.15) is 0 Å². The summed E-state index contributed by atoms with van der Waals surface area (Å²) in [5.74, 6) is 0.135. The minimum Gasteiger partial charge on any atom is -0.377 e. The Bertz CT molecular complexity index is 1530. The third-order valence-corrected chi connectivity index (χ3v) is 7.29. The molecule has 0 radical (unpaired) electrons. The largest absolute Gasteiger partial charge is 0.377 e. The van der Waals surface area contributed by atoms with E-state index in [0.29, 0.717) is 11.3 Å². The van der Waals surface area contributed by atoms with E-state index >= 15 is 0 Å². The highest BCUT2D eigenvalue weighted by Crippen LogP contribution is 2.51. The average Bonchev–Trinajstić information content (AvgIpc) is 3.44. The predicted octanol–water partition coefficient (Wildman–Crippen LogP) is 7.42. The first-order chi connectivity index (χ1) is 18.6. The molecular formula is C31H26N4O3. The number of carbonyl (C=O) groups is 1. The smallest absolute Gasteiger partial charge is 0.269 e. The van der Waals surface area contributed by atoms with Crippen molar-refractivity contribution >= 4 is 34.3 Å². The van der Waals surface area contributed by atoms with Crippen molar-refractivity contribution in [3.8, 4) is 0 Å². The van der Waals surface area contributed by atoms with E-state index in [1.54, 1.807) is 12.1 Å². The number of nitrogens with zero attached hydrogens (tertiary/aromatic N) is 1. The second kappa shape index (κ2) is 9.86. The van der Waals surface area contributed by atoms with Crippen molar-refractivity contribution in [1.29, 1.82) is 0 Å². The number of fused-ring (bicyclic) bond motifs is 3. The Morgan fingerprint density at radius 1 is 0.868 bits per heavy atom.